The second-order valence-electron chi connectivity index (χ2n) is 36.0. The maximum Gasteiger partial charge on any atom is 0.319 e. The second kappa shape index (κ2) is 60.6. The number of ether oxygens (including phenoxy) is 4. The fraction of sp³-hybridized carbons (Fsp3) is 0.680. The van der Waals surface area contributed by atoms with Crippen molar-refractivity contribution in [2.75, 3.05) is 73.9 Å². The summed E-state index contributed by atoms with van der Waals surface area (Å²) in [7, 11) is 0. The lowest BCUT2D eigenvalue weighted by molar-refractivity contribution is -0.124. The summed E-state index contributed by atoms with van der Waals surface area (Å²) in [5.74, 6) is 1.10. The van der Waals surface area contributed by atoms with E-state index in [9.17, 15) is 38.4 Å². The summed E-state index contributed by atoms with van der Waals surface area (Å²) in [6.45, 7) is 36.0. The molecule has 0 heterocycles. The molecule has 0 aliphatic heterocycles. The smallest absolute Gasteiger partial charge is 0.319 e. The Labute approximate surface area is 746 Å². The molecule has 696 valence electrons. The van der Waals surface area contributed by atoms with Crippen LogP contribution < -0.4 is 82.7 Å². The number of rotatable bonds is 60. The Morgan fingerprint density at radius 3 is 0.581 bits per heavy atom. The number of nitrogens with one attached hydrogen (secondary N) is 12. The number of carbonyl (C=O) groups excluding carboxylic acids is 8. The van der Waals surface area contributed by atoms with E-state index in [2.05, 4.69) is 91.5 Å². The molecule has 24 nitrogen and oxygen atoms in total. The number of benzene rings is 4. The molecule has 24 heteroatoms. The number of fused-ring (bicyclic) bond motifs is 8. The van der Waals surface area contributed by atoms with E-state index >= 15 is 0 Å². The predicted octanol–water partition coefficient (Wildman–Crippen LogP) is 21.6. The third-order valence-corrected chi connectivity index (χ3v) is 22.0. The van der Waals surface area contributed by atoms with Gasteiger partial charge in [0, 0.05) is 119 Å². The van der Waals surface area contributed by atoms with Crippen LogP contribution >= 0.6 is 0 Å². The van der Waals surface area contributed by atoms with Gasteiger partial charge < -0.3 is 82.7 Å². The van der Waals surface area contributed by atoms with Gasteiger partial charge in [0.05, 0.1) is 26.4 Å². The molecule has 12 amide bonds. The molecule has 0 fully saturated rings. The van der Waals surface area contributed by atoms with Crippen LogP contribution in [0.2, 0.25) is 0 Å². The molecular formula is C100H164N12O12. The van der Waals surface area contributed by atoms with E-state index in [-0.39, 0.29) is 99.4 Å². The highest BCUT2D eigenvalue weighted by molar-refractivity contribution is 5.97. The normalized spacial score (nSPS) is 12.8. The molecule has 1 aliphatic rings. The van der Waals surface area contributed by atoms with Gasteiger partial charge in [-0.15, -0.1) is 0 Å². The van der Waals surface area contributed by atoms with Crippen LogP contribution in [0.1, 0.15) is 361 Å². The number of hydrogen-bond donors (Lipinski definition) is 12. The Balaban J connectivity index is 1.90. The summed E-state index contributed by atoms with van der Waals surface area (Å²) < 4.78 is 28.3. The quantitative estimate of drug-likeness (QED) is 0.0162. The number of unbranched alkanes of at least 4 members (excludes halogenated alkanes) is 20. The summed E-state index contributed by atoms with van der Waals surface area (Å²) in [5.41, 5.74) is 6.42. The number of urea groups is 4. The van der Waals surface area contributed by atoms with Gasteiger partial charge >= 0.3 is 24.1 Å². The average molecular weight is 1730 g/mol. The molecule has 0 saturated heterocycles. The fourth-order valence-electron chi connectivity index (χ4n) is 15.8. The van der Waals surface area contributed by atoms with Crippen molar-refractivity contribution in [1.82, 2.24) is 42.5 Å². The number of anilines is 4. The zero-order valence-corrected chi connectivity index (χ0v) is 79.2. The van der Waals surface area contributed by atoms with E-state index in [1.54, 1.807) is 0 Å². The molecule has 0 aromatic heterocycles. The fourth-order valence-corrected chi connectivity index (χ4v) is 15.8. The number of hydrogen-bond acceptors (Lipinski definition) is 12. The average Bonchev–Trinajstić information content (AvgIpc) is 0.769. The zero-order valence-electron chi connectivity index (χ0n) is 79.2. The summed E-state index contributed by atoms with van der Waals surface area (Å²) in [6.07, 6.45) is 29.6. The molecule has 8 bridgehead atoms. The first-order valence-electron chi connectivity index (χ1n) is 48.3. The van der Waals surface area contributed by atoms with Crippen molar-refractivity contribution in [3.63, 3.8) is 0 Å². The second-order valence-corrected chi connectivity index (χ2v) is 36.0. The van der Waals surface area contributed by atoms with Crippen LogP contribution in [-0.2, 0) is 44.9 Å². The van der Waals surface area contributed by atoms with E-state index in [1.165, 1.54) is 25.7 Å². The molecule has 4 atom stereocenters. The van der Waals surface area contributed by atoms with Gasteiger partial charge in [0.15, 0.2) is 0 Å². The standard InChI is InChI=1S/C100H164N12O12/c1-17-25-29-33-37-41-45-101-93(113)85(53-69(9)10)109-97(117)105-81-61-73-57-75-63-82(106-98(118)110-86(54-70(11)12)94(114)102-46-42-38-34-30-26-18-2)65-77(90(75)122-50-22-6)59-79-67-84(108-100(120)112-88(56-72(15)16)96(116)104-48-44-40-36-32-28-20-4)68-80(92(79)124-52-24-8)60-78-66-83(64-76(91(78)123-51-23-7)58-74(62-81)89(73)121-49-21-5)107-99(119)111-87(55-71(13)14)95(115)103-47-43-39-35-31-27-19-3/h61-72,85-88H,17-60H2,1-16H3,(H,101,113)(H,102,114)(H,103,115)(H,104,116)(H2,105,109,117)(H2,106,110,118)(H2,107,111,119)(H2,108,112,120)/t85-,86-,87-,88-/m0/s1. The first-order chi connectivity index (χ1) is 59.8. The van der Waals surface area contributed by atoms with Crippen molar-refractivity contribution in [2.24, 2.45) is 23.7 Å². The number of amides is 12. The highest BCUT2D eigenvalue weighted by atomic mass is 16.5. The lowest BCUT2D eigenvalue weighted by Crippen LogP contribution is -2.49. The highest BCUT2D eigenvalue weighted by Crippen LogP contribution is 2.43. The van der Waals surface area contributed by atoms with Gasteiger partial charge in [0.2, 0.25) is 23.6 Å². The van der Waals surface area contributed by atoms with Crippen LogP contribution in [0.25, 0.3) is 0 Å². The minimum Gasteiger partial charge on any atom is -0.493 e. The van der Waals surface area contributed by atoms with Crippen LogP contribution in [-0.4, -0.2) is 125 Å². The maximum absolute atomic E-state index is 15.0. The molecule has 124 heavy (non-hydrogen) atoms. The van der Waals surface area contributed by atoms with Crippen molar-refractivity contribution in [3.05, 3.63) is 93.0 Å². The van der Waals surface area contributed by atoms with Crippen LogP contribution in [0.4, 0.5) is 41.9 Å². The third kappa shape index (κ3) is 40.6. The SMILES string of the molecule is CCCCCCCCNC(=O)[C@H](CC(C)C)NC(=O)Nc1cc2c(OCCC)c(c1)Cc1cc(NC(=O)N[C@@H](CC(C)C)C(=O)NCCCCCCCC)cc(c1OCCC)Cc1cc(NC(=O)N[C@@H](CC(C)C)C(=O)NCCCCCCCC)cc(c1OCCC)Cc1cc(NC(=O)N[C@@H](CC(C)C)C(=O)NCCCCCCCC)cc(c1OCCC)C2. The van der Waals surface area contributed by atoms with Crippen molar-refractivity contribution in [2.45, 2.75) is 366 Å². The maximum atomic E-state index is 15.0. The van der Waals surface area contributed by atoms with Gasteiger partial charge in [-0.3, -0.25) is 19.2 Å². The molecule has 4 aromatic carbocycles. The summed E-state index contributed by atoms with van der Waals surface area (Å²) in [4.78, 5) is 117. The molecule has 4 aromatic rings. The first-order valence-corrected chi connectivity index (χ1v) is 48.3. The van der Waals surface area contributed by atoms with E-state index in [1.807, 2.05) is 132 Å². The minimum atomic E-state index is -0.866. The Morgan fingerprint density at radius 2 is 0.419 bits per heavy atom. The van der Waals surface area contributed by atoms with Crippen LogP contribution in [0.3, 0.4) is 0 Å². The van der Waals surface area contributed by atoms with Crippen LogP contribution in [0, 0.1) is 23.7 Å². The molecule has 0 saturated carbocycles. The first kappa shape index (κ1) is 106. The van der Waals surface area contributed by atoms with Gasteiger partial charge in [-0.05, 0) is 149 Å². The molecule has 1 aliphatic carbocycles. The third-order valence-electron chi connectivity index (χ3n) is 22.0. The van der Waals surface area contributed by atoms with Crippen molar-refractivity contribution in [3.8, 4) is 23.0 Å². The molecule has 12 N–H and O–H groups in total. The highest BCUT2D eigenvalue weighted by Gasteiger charge is 2.31. The van der Waals surface area contributed by atoms with E-state index in [4.69, 9.17) is 18.9 Å². The summed E-state index contributed by atoms with van der Waals surface area (Å²) in [5, 5.41) is 37.4. The Bertz CT molecular complexity index is 3270. The van der Waals surface area contributed by atoms with Crippen molar-refractivity contribution >= 4 is 70.5 Å². The lowest BCUT2D eigenvalue weighted by Gasteiger charge is -2.26. The Morgan fingerprint density at radius 1 is 0.250 bits per heavy atom. The van der Waals surface area contributed by atoms with Gasteiger partial charge in [-0.25, -0.2) is 19.2 Å². The molecule has 0 unspecified atom stereocenters. The molecule has 0 spiro atoms. The van der Waals surface area contributed by atoms with Crippen molar-refractivity contribution in [1.29, 1.82) is 0 Å². The van der Waals surface area contributed by atoms with Gasteiger partial charge in [0.25, 0.3) is 0 Å². The summed E-state index contributed by atoms with van der Waals surface area (Å²) >= 11 is 0. The van der Waals surface area contributed by atoms with Crippen LogP contribution in [0.15, 0.2) is 48.5 Å². The van der Waals surface area contributed by atoms with Gasteiger partial charge in [0.1, 0.15) is 47.2 Å². The molecule has 0 radical (unpaired) electrons. The van der Waals surface area contributed by atoms with E-state index in [0.29, 0.717) is 168 Å². The van der Waals surface area contributed by atoms with E-state index < -0.39 is 48.3 Å². The Hall–Kier alpha value is -8.96. The minimum absolute atomic E-state index is 0.0483. The summed E-state index contributed by atoms with van der Waals surface area (Å²) in [6, 6.07) is 9.09. The Kier molecular flexibility index (Phi) is 51.6. The largest absolute Gasteiger partial charge is 0.493 e. The molecular weight excluding hydrogens is 1560 g/mol. The monoisotopic (exact) mass is 1730 g/mol. The van der Waals surface area contributed by atoms with Gasteiger partial charge in [-0.1, -0.05) is 239 Å². The predicted molar refractivity (Wildman–Crippen MR) is 507 cm³/mol. The van der Waals surface area contributed by atoms with Crippen LogP contribution in [0.5, 0.6) is 23.0 Å². The van der Waals surface area contributed by atoms with Crippen molar-refractivity contribution < 1.29 is 57.3 Å². The number of carbonyl (C=O) groups is 8. The molecule has 5 rings (SSSR count). The van der Waals surface area contributed by atoms with Gasteiger partial charge in [-0.2, -0.15) is 0 Å². The topological polar surface area (TPSA) is 318 Å². The lowest BCUT2D eigenvalue weighted by atomic mass is 9.90. The van der Waals surface area contributed by atoms with E-state index in [0.717, 1.165) is 128 Å². The zero-order chi connectivity index (χ0) is 90.6.